The van der Waals surface area contributed by atoms with E-state index in [2.05, 4.69) is 21.0 Å². The smallest absolute Gasteiger partial charge is 0.332 e. The van der Waals surface area contributed by atoms with E-state index >= 15 is 0 Å². The first kappa shape index (κ1) is 20.1. The van der Waals surface area contributed by atoms with Crippen LogP contribution in [-0.4, -0.2) is 29.0 Å². The molecule has 30 heavy (non-hydrogen) atoms. The average molecular weight is 426 g/mol. The van der Waals surface area contributed by atoms with Gasteiger partial charge in [-0.05, 0) is 37.8 Å². The van der Waals surface area contributed by atoms with Gasteiger partial charge in [-0.3, -0.25) is 18.7 Å². The van der Waals surface area contributed by atoms with E-state index in [1.165, 1.54) is 27.4 Å². The topological polar surface area (TPSA) is 83.8 Å². The predicted molar refractivity (Wildman–Crippen MR) is 116 cm³/mol. The highest BCUT2D eigenvalue weighted by atomic mass is 32.1. The third-order valence-corrected chi connectivity index (χ3v) is 6.50. The predicted octanol–water partition coefficient (Wildman–Crippen LogP) is 2.04. The van der Waals surface area contributed by atoms with Crippen molar-refractivity contribution in [2.24, 2.45) is 14.1 Å². The first-order chi connectivity index (χ1) is 14.3. The highest BCUT2D eigenvalue weighted by molar-refractivity contribution is 7.09. The van der Waals surface area contributed by atoms with E-state index in [-0.39, 0.29) is 23.5 Å². The van der Waals surface area contributed by atoms with E-state index in [0.717, 1.165) is 28.9 Å². The summed E-state index contributed by atoms with van der Waals surface area (Å²) in [6, 6.07) is 6.06. The fraction of sp³-hybridized carbons (Fsp3) is 0.333. The summed E-state index contributed by atoms with van der Waals surface area (Å²) < 4.78 is 6.02. The molecule has 0 aliphatic carbocycles. The second-order valence-corrected chi connectivity index (χ2v) is 8.47. The second-order valence-electron chi connectivity index (χ2n) is 7.44. The lowest BCUT2D eigenvalue weighted by Gasteiger charge is -2.09. The minimum Gasteiger partial charge on any atom is -0.348 e. The quantitative estimate of drug-likeness (QED) is 0.443. The van der Waals surface area contributed by atoms with Gasteiger partial charge >= 0.3 is 5.69 Å². The van der Waals surface area contributed by atoms with Crippen molar-refractivity contribution in [1.29, 1.82) is 0 Å². The molecule has 0 bridgehead atoms. The molecule has 0 aliphatic heterocycles. The lowest BCUT2D eigenvalue weighted by molar-refractivity contribution is 0.0972. The number of Topliss-reactive ketones (excluding diaryl/α,β-unsaturated/α-hetero) is 1. The van der Waals surface area contributed by atoms with Crippen molar-refractivity contribution in [1.82, 2.24) is 23.3 Å². The van der Waals surface area contributed by atoms with Crippen LogP contribution in [0.5, 0.6) is 0 Å². The van der Waals surface area contributed by atoms with Gasteiger partial charge in [0.1, 0.15) is 0 Å². The number of imidazole rings is 1. The summed E-state index contributed by atoms with van der Waals surface area (Å²) in [4.78, 5) is 43.3. The molecule has 0 spiro atoms. The van der Waals surface area contributed by atoms with Gasteiger partial charge in [-0.2, -0.15) is 0 Å². The summed E-state index contributed by atoms with van der Waals surface area (Å²) in [6.07, 6.45) is 2.36. The number of carbonyl (C=O) groups excluding carboxylic acids is 1. The number of nitrogens with zero attached hydrogens (tertiary/aromatic N) is 5. The normalized spacial score (nSPS) is 11.5. The SMILES string of the molecule is Cc1cc(C(=O)Cn2cnc3c2c(=O)n(C)c(=O)n3C)c(C)n1CCc1cccs1. The number of hydrogen-bond donors (Lipinski definition) is 0. The van der Waals surface area contributed by atoms with Crippen molar-refractivity contribution in [3.63, 3.8) is 0 Å². The van der Waals surface area contributed by atoms with Crippen LogP contribution in [0.2, 0.25) is 0 Å². The van der Waals surface area contributed by atoms with Crippen LogP contribution in [0.15, 0.2) is 39.5 Å². The Bertz CT molecular complexity index is 1370. The minimum absolute atomic E-state index is 0.0147. The molecule has 0 saturated carbocycles. The molecule has 0 fully saturated rings. The summed E-state index contributed by atoms with van der Waals surface area (Å²) in [5, 5.41) is 2.06. The first-order valence-electron chi connectivity index (χ1n) is 9.62. The Kier molecular flexibility index (Phi) is 5.07. The summed E-state index contributed by atoms with van der Waals surface area (Å²) in [7, 11) is 2.98. The molecule has 4 rings (SSSR count). The maximum Gasteiger partial charge on any atom is 0.332 e. The van der Waals surface area contributed by atoms with Gasteiger partial charge in [-0.1, -0.05) is 6.07 Å². The van der Waals surface area contributed by atoms with Crippen LogP contribution in [0.25, 0.3) is 11.2 Å². The monoisotopic (exact) mass is 425 g/mol. The van der Waals surface area contributed by atoms with Gasteiger partial charge in [0.2, 0.25) is 0 Å². The number of hydrogen-bond acceptors (Lipinski definition) is 5. The number of aryl methyl sites for hydroxylation is 3. The number of aromatic nitrogens is 5. The zero-order valence-electron chi connectivity index (χ0n) is 17.4. The number of rotatable bonds is 6. The molecule has 9 heteroatoms. The highest BCUT2D eigenvalue weighted by Crippen LogP contribution is 2.19. The standard InChI is InChI=1S/C21H23N5O3S/c1-13-10-16(14(2)26(13)8-7-15-6-5-9-30-15)17(27)11-25-12-22-19-18(25)20(28)24(4)21(29)23(19)3/h5-6,9-10,12H,7-8,11H2,1-4H3. The van der Waals surface area contributed by atoms with E-state index in [1.54, 1.807) is 18.4 Å². The van der Waals surface area contributed by atoms with Crippen molar-refractivity contribution < 1.29 is 4.79 Å². The molecule has 0 radical (unpaired) electrons. The van der Waals surface area contributed by atoms with Crippen LogP contribution in [0.4, 0.5) is 0 Å². The van der Waals surface area contributed by atoms with E-state index in [0.29, 0.717) is 5.56 Å². The van der Waals surface area contributed by atoms with Crippen LogP contribution >= 0.6 is 11.3 Å². The molecule has 0 saturated heterocycles. The fourth-order valence-electron chi connectivity index (χ4n) is 3.86. The molecule has 0 aliphatic rings. The second kappa shape index (κ2) is 7.56. The highest BCUT2D eigenvalue weighted by Gasteiger charge is 2.20. The largest absolute Gasteiger partial charge is 0.348 e. The maximum atomic E-state index is 13.1. The van der Waals surface area contributed by atoms with Gasteiger partial charge in [0.25, 0.3) is 5.56 Å². The minimum atomic E-state index is -0.458. The van der Waals surface area contributed by atoms with E-state index in [4.69, 9.17) is 0 Å². The average Bonchev–Trinajstić information content (AvgIpc) is 3.44. The Labute approximate surface area is 176 Å². The first-order valence-corrected chi connectivity index (χ1v) is 10.5. The molecular weight excluding hydrogens is 402 g/mol. The molecule has 156 valence electrons. The van der Waals surface area contributed by atoms with Crippen LogP contribution < -0.4 is 11.2 Å². The van der Waals surface area contributed by atoms with Crippen molar-refractivity contribution in [3.05, 3.63) is 72.6 Å². The Morgan fingerprint density at radius 1 is 1.17 bits per heavy atom. The molecule has 8 nitrogen and oxygen atoms in total. The van der Waals surface area contributed by atoms with Gasteiger partial charge in [0, 0.05) is 42.5 Å². The van der Waals surface area contributed by atoms with Crippen molar-refractivity contribution in [2.75, 3.05) is 0 Å². The van der Waals surface area contributed by atoms with Gasteiger partial charge in [-0.25, -0.2) is 9.78 Å². The molecule has 4 heterocycles. The van der Waals surface area contributed by atoms with Gasteiger partial charge in [0.05, 0.1) is 12.9 Å². The zero-order valence-corrected chi connectivity index (χ0v) is 18.2. The molecule has 0 unspecified atom stereocenters. The van der Waals surface area contributed by atoms with Crippen LogP contribution in [0.1, 0.15) is 26.6 Å². The Balaban J connectivity index is 1.64. The Hall–Kier alpha value is -3.20. The van der Waals surface area contributed by atoms with Crippen LogP contribution in [0, 0.1) is 13.8 Å². The fourth-order valence-corrected chi connectivity index (χ4v) is 4.56. The molecule has 0 aromatic carbocycles. The summed E-state index contributed by atoms with van der Waals surface area (Å²) >= 11 is 1.73. The van der Waals surface area contributed by atoms with E-state index in [1.807, 2.05) is 26.0 Å². The van der Waals surface area contributed by atoms with Gasteiger partial charge in [0.15, 0.2) is 16.9 Å². The van der Waals surface area contributed by atoms with Crippen LogP contribution in [0.3, 0.4) is 0 Å². The molecule has 0 N–H and O–H groups in total. The Morgan fingerprint density at radius 2 is 1.93 bits per heavy atom. The third-order valence-electron chi connectivity index (χ3n) is 5.57. The van der Waals surface area contributed by atoms with Crippen molar-refractivity contribution in [2.45, 2.75) is 33.4 Å². The molecule has 0 amide bonds. The van der Waals surface area contributed by atoms with E-state index in [9.17, 15) is 14.4 Å². The number of ketones is 1. The zero-order chi connectivity index (χ0) is 21.6. The van der Waals surface area contributed by atoms with Crippen LogP contribution in [-0.2, 0) is 33.6 Å². The Morgan fingerprint density at radius 3 is 2.63 bits per heavy atom. The molecule has 4 aromatic heterocycles. The molecular formula is C21H23N5O3S. The molecule has 4 aromatic rings. The summed E-state index contributed by atoms with van der Waals surface area (Å²) in [5.41, 5.74) is 2.21. The number of carbonyl (C=O) groups is 1. The lowest BCUT2D eigenvalue weighted by atomic mass is 10.1. The summed E-state index contributed by atoms with van der Waals surface area (Å²) in [6.45, 7) is 4.74. The van der Waals surface area contributed by atoms with Gasteiger partial charge in [-0.15, -0.1) is 11.3 Å². The van der Waals surface area contributed by atoms with E-state index < -0.39 is 11.2 Å². The van der Waals surface area contributed by atoms with Gasteiger partial charge < -0.3 is 9.13 Å². The summed E-state index contributed by atoms with van der Waals surface area (Å²) in [5.74, 6) is -0.0966. The number of thiophene rings is 1. The lowest BCUT2D eigenvalue weighted by Crippen LogP contribution is -2.37. The maximum absolute atomic E-state index is 13.1. The van der Waals surface area contributed by atoms with Crippen molar-refractivity contribution in [3.8, 4) is 0 Å². The third kappa shape index (κ3) is 3.24. The molecule has 0 atom stereocenters. The number of fused-ring (bicyclic) bond motifs is 1. The van der Waals surface area contributed by atoms with Crippen molar-refractivity contribution >= 4 is 28.3 Å².